The van der Waals surface area contributed by atoms with Crippen LogP contribution in [0.15, 0.2) is 12.3 Å². The lowest BCUT2D eigenvalue weighted by Gasteiger charge is -2.21. The topological polar surface area (TPSA) is 146 Å². The summed E-state index contributed by atoms with van der Waals surface area (Å²) in [6.07, 6.45) is 2.53. The third-order valence-corrected chi connectivity index (χ3v) is 7.50. The van der Waals surface area contributed by atoms with Crippen molar-refractivity contribution in [2.24, 2.45) is 11.8 Å². The van der Waals surface area contributed by atoms with Crippen LogP contribution in [0.4, 0.5) is 11.8 Å². The Balaban J connectivity index is 1.54. The summed E-state index contributed by atoms with van der Waals surface area (Å²) in [5, 5.41) is 37.8. The molecular weight excluding hydrogens is 456 g/mol. The van der Waals surface area contributed by atoms with E-state index in [1.807, 2.05) is 19.9 Å². The van der Waals surface area contributed by atoms with E-state index in [2.05, 4.69) is 20.6 Å². The van der Waals surface area contributed by atoms with E-state index in [1.54, 1.807) is 6.20 Å². The number of aryl methyl sites for hydroxylation is 1. The molecule has 0 bridgehead atoms. The Morgan fingerprint density at radius 2 is 2.00 bits per heavy atom. The Labute approximate surface area is 201 Å². The average molecular weight is 487 g/mol. The van der Waals surface area contributed by atoms with Crippen LogP contribution in [0, 0.1) is 18.8 Å². The van der Waals surface area contributed by atoms with E-state index < -0.39 is 24.2 Å². The zero-order valence-corrected chi connectivity index (χ0v) is 20.0. The van der Waals surface area contributed by atoms with Gasteiger partial charge in [0.15, 0.2) is 0 Å². The summed E-state index contributed by atoms with van der Waals surface area (Å²) in [5.74, 6) is 1.80. The quantitative estimate of drug-likeness (QED) is 0.305. The van der Waals surface area contributed by atoms with E-state index in [1.165, 1.54) is 24.2 Å². The van der Waals surface area contributed by atoms with Crippen molar-refractivity contribution in [3.63, 3.8) is 0 Å². The van der Waals surface area contributed by atoms with Crippen LogP contribution in [0.2, 0.25) is 0 Å². The molecule has 2 saturated carbocycles. The molecule has 2 aliphatic rings. The minimum Gasteiger partial charge on any atom is -0.476 e. The van der Waals surface area contributed by atoms with Gasteiger partial charge in [0, 0.05) is 25.3 Å². The Bertz CT molecular complexity index is 1170. The monoisotopic (exact) mass is 486 g/mol. The number of hydrogen-bond acceptors (Lipinski definition) is 11. The summed E-state index contributed by atoms with van der Waals surface area (Å²) in [6, 6.07) is 1.43. The second-order valence-electron chi connectivity index (χ2n) is 9.01. The van der Waals surface area contributed by atoms with Crippen LogP contribution in [0.3, 0.4) is 0 Å². The van der Waals surface area contributed by atoms with Crippen molar-refractivity contribution in [1.82, 2.24) is 19.9 Å². The van der Waals surface area contributed by atoms with Gasteiger partial charge in [-0.05, 0) is 45.1 Å². The van der Waals surface area contributed by atoms with E-state index in [-0.39, 0.29) is 6.61 Å². The summed E-state index contributed by atoms with van der Waals surface area (Å²) in [6.45, 7) is 4.94. The normalized spacial score (nSPS) is 24.5. The van der Waals surface area contributed by atoms with Crippen molar-refractivity contribution >= 4 is 33.3 Å². The smallest absolute Gasteiger partial charge is 0.241 e. The fraction of sp³-hybridized carbons (Fsp3) is 0.565. The highest BCUT2D eigenvalue weighted by Gasteiger charge is 2.41. The Morgan fingerprint density at radius 3 is 2.71 bits per heavy atom. The molecule has 0 spiro atoms. The lowest BCUT2D eigenvalue weighted by atomic mass is 10.1. The van der Waals surface area contributed by atoms with Crippen LogP contribution in [-0.4, -0.2) is 73.3 Å². The number of nitrogens with one attached hydrogen (secondary N) is 2. The van der Waals surface area contributed by atoms with Crippen molar-refractivity contribution in [3.8, 4) is 16.5 Å². The number of aliphatic hydroxyl groups excluding tert-OH is 3. The molecule has 3 aromatic heterocycles. The molecule has 2 aliphatic carbocycles. The molecule has 182 valence electrons. The molecule has 0 amide bonds. The number of anilines is 2. The third-order valence-electron chi connectivity index (χ3n) is 6.46. The molecule has 0 radical (unpaired) electrons. The standard InChI is InChI=1S/C23H30N6O4S/c1-3-33-21-17-15(6-7-24-21)34-22(28-17)16-11(2)26-23(25-9-12-4-5-12)29-20(16)27-14-8-13(10-30)18(31)19(14)32/h6-7,12-14,18-19,30-32H,3-5,8-10H2,1-2H3,(H2,25,26,27,29)/t13?,14?,18-,19+/m1/s1. The van der Waals surface area contributed by atoms with Crippen LogP contribution in [0.1, 0.15) is 31.9 Å². The molecule has 5 N–H and O–H groups in total. The zero-order chi connectivity index (χ0) is 23.8. The summed E-state index contributed by atoms with van der Waals surface area (Å²) in [5.41, 5.74) is 2.16. The zero-order valence-electron chi connectivity index (χ0n) is 19.2. The van der Waals surface area contributed by atoms with Crippen LogP contribution in [-0.2, 0) is 0 Å². The number of thiazole rings is 1. The SMILES string of the molecule is CCOc1nccc2sc(-c3c(C)nc(NCC4CC4)nc3NC3CC(CO)[C@@H](O)[C@H]3O)nc12. The highest BCUT2D eigenvalue weighted by molar-refractivity contribution is 7.21. The van der Waals surface area contributed by atoms with Crippen molar-refractivity contribution in [2.75, 3.05) is 30.4 Å². The molecular formula is C23H30N6O4S. The number of fused-ring (bicyclic) bond motifs is 1. The first-order chi connectivity index (χ1) is 16.5. The van der Waals surface area contributed by atoms with Gasteiger partial charge in [0.2, 0.25) is 11.8 Å². The maximum Gasteiger partial charge on any atom is 0.241 e. The predicted octanol–water partition coefficient (Wildman–Crippen LogP) is 2.19. The Morgan fingerprint density at radius 1 is 1.18 bits per heavy atom. The van der Waals surface area contributed by atoms with Crippen LogP contribution in [0.25, 0.3) is 20.8 Å². The molecule has 34 heavy (non-hydrogen) atoms. The first-order valence-corrected chi connectivity index (χ1v) is 12.5. The van der Waals surface area contributed by atoms with E-state index in [0.29, 0.717) is 47.1 Å². The van der Waals surface area contributed by atoms with Crippen LogP contribution in [0.5, 0.6) is 5.88 Å². The van der Waals surface area contributed by atoms with Gasteiger partial charge >= 0.3 is 0 Å². The summed E-state index contributed by atoms with van der Waals surface area (Å²) in [7, 11) is 0. The van der Waals surface area contributed by atoms with E-state index >= 15 is 0 Å². The van der Waals surface area contributed by atoms with Gasteiger partial charge in [0.05, 0.1) is 34.7 Å². The first-order valence-electron chi connectivity index (χ1n) is 11.7. The number of hydrogen-bond donors (Lipinski definition) is 5. The van der Waals surface area contributed by atoms with Gasteiger partial charge in [-0.15, -0.1) is 11.3 Å². The first kappa shape index (κ1) is 23.2. The number of nitrogens with zero attached hydrogens (tertiary/aromatic N) is 4. The van der Waals surface area contributed by atoms with Gasteiger partial charge in [-0.3, -0.25) is 0 Å². The number of rotatable bonds is 9. The second-order valence-corrected chi connectivity index (χ2v) is 10.0. The molecule has 2 fully saturated rings. The fourth-order valence-corrected chi connectivity index (χ4v) is 5.43. The van der Waals surface area contributed by atoms with Gasteiger partial charge in [0.1, 0.15) is 22.4 Å². The van der Waals surface area contributed by atoms with Gasteiger partial charge in [-0.2, -0.15) is 4.98 Å². The molecule has 11 heteroatoms. The number of ether oxygens (including phenoxy) is 1. The van der Waals surface area contributed by atoms with E-state index in [0.717, 1.165) is 22.5 Å². The van der Waals surface area contributed by atoms with E-state index in [4.69, 9.17) is 14.7 Å². The Kier molecular flexibility index (Phi) is 6.52. The minimum absolute atomic E-state index is 0.189. The molecule has 4 atom stereocenters. The minimum atomic E-state index is -1.02. The van der Waals surface area contributed by atoms with Gasteiger partial charge in [0.25, 0.3) is 0 Å². The molecule has 0 aliphatic heterocycles. The summed E-state index contributed by atoms with van der Waals surface area (Å²) in [4.78, 5) is 18.6. The van der Waals surface area contributed by atoms with Gasteiger partial charge < -0.3 is 30.7 Å². The maximum atomic E-state index is 10.6. The molecule has 0 saturated heterocycles. The average Bonchev–Trinajstić information content (AvgIpc) is 3.49. The van der Waals surface area contributed by atoms with E-state index in [9.17, 15) is 15.3 Å². The van der Waals surface area contributed by atoms with Gasteiger partial charge in [-0.1, -0.05) is 0 Å². The molecule has 5 rings (SSSR count). The Hall–Kier alpha value is -2.60. The van der Waals surface area contributed by atoms with Crippen LogP contribution < -0.4 is 15.4 Å². The summed E-state index contributed by atoms with van der Waals surface area (Å²) < 4.78 is 6.59. The summed E-state index contributed by atoms with van der Waals surface area (Å²) >= 11 is 1.49. The lowest BCUT2D eigenvalue weighted by molar-refractivity contribution is 0.00446. The third kappa shape index (κ3) is 4.52. The largest absolute Gasteiger partial charge is 0.476 e. The van der Waals surface area contributed by atoms with Crippen LogP contribution >= 0.6 is 11.3 Å². The number of pyridine rings is 1. The number of aliphatic hydroxyl groups is 3. The maximum absolute atomic E-state index is 10.6. The van der Waals surface area contributed by atoms with Crippen molar-refractivity contribution in [2.45, 2.75) is 51.4 Å². The fourth-order valence-electron chi connectivity index (χ4n) is 4.38. The van der Waals surface area contributed by atoms with Gasteiger partial charge in [-0.25, -0.2) is 15.0 Å². The highest BCUT2D eigenvalue weighted by atomic mass is 32.1. The molecule has 10 nitrogen and oxygen atoms in total. The predicted molar refractivity (Wildman–Crippen MR) is 130 cm³/mol. The molecule has 3 aromatic rings. The second kappa shape index (κ2) is 9.57. The lowest BCUT2D eigenvalue weighted by Crippen LogP contribution is -2.35. The molecule has 3 heterocycles. The van der Waals surface area contributed by atoms with Crippen molar-refractivity contribution in [1.29, 1.82) is 0 Å². The number of aromatic nitrogens is 4. The highest BCUT2D eigenvalue weighted by Crippen LogP contribution is 2.39. The van der Waals surface area contributed by atoms with Crippen molar-refractivity contribution < 1.29 is 20.1 Å². The molecule has 0 aromatic carbocycles. The molecule has 2 unspecified atom stereocenters. The van der Waals surface area contributed by atoms with Crippen molar-refractivity contribution in [3.05, 3.63) is 18.0 Å².